The number of carboxylic acids is 4. The number of carbonyl (C=O) groups is 4. The van der Waals surface area contributed by atoms with E-state index in [-0.39, 0.29) is 46.1 Å². The van der Waals surface area contributed by atoms with Gasteiger partial charge >= 0.3 is 46.1 Å². The van der Waals surface area contributed by atoms with Gasteiger partial charge in [-0.2, -0.15) is 0 Å². The summed E-state index contributed by atoms with van der Waals surface area (Å²) in [7, 11) is 0. The number of aliphatic carboxylic acids is 4. The van der Waals surface area contributed by atoms with Crippen molar-refractivity contribution in [2.75, 3.05) is 0 Å². The SMILES string of the molecule is CC(O)NC(CC(=O)[O-])(CC(=O)[O-])C(N)(CC(=O)[O-])CC(=O)[O-].[Mg+2].[Mg+2]. The van der Waals surface area contributed by atoms with Crippen LogP contribution in [0.4, 0.5) is 0 Å². The minimum absolute atomic E-state index is 0. The van der Waals surface area contributed by atoms with E-state index in [1.807, 2.05) is 0 Å². The van der Waals surface area contributed by atoms with Gasteiger partial charge in [0, 0.05) is 60.6 Å². The van der Waals surface area contributed by atoms with Gasteiger partial charge in [-0.1, -0.05) is 0 Å². The Morgan fingerprint density at radius 3 is 1.36 bits per heavy atom. The zero-order valence-corrected chi connectivity index (χ0v) is 16.4. The zero-order chi connectivity index (χ0) is 18.4. The minimum Gasteiger partial charge on any atom is -0.550 e. The summed E-state index contributed by atoms with van der Waals surface area (Å²) >= 11 is 0. The number of aliphatic hydroxyl groups excluding tert-OH is 1. The average molecular weight is 381 g/mol. The number of carbonyl (C=O) groups excluding carboxylic acids is 4. The third-order valence-corrected chi connectivity index (χ3v) is 3.25. The Labute approximate surface area is 175 Å². The predicted molar refractivity (Wildman–Crippen MR) is 74.5 cm³/mol. The Bertz CT molecular complexity index is 467. The molecule has 0 aliphatic carbocycles. The molecular weight excluding hydrogens is 365 g/mol. The monoisotopic (exact) mass is 380 g/mol. The molecule has 1 unspecified atom stereocenters. The van der Waals surface area contributed by atoms with Gasteiger partial charge in [0.05, 0.1) is 0 Å². The molecule has 132 valence electrons. The van der Waals surface area contributed by atoms with Crippen LogP contribution in [-0.4, -0.2) is 92.4 Å². The van der Waals surface area contributed by atoms with E-state index in [4.69, 9.17) is 5.73 Å². The number of rotatable bonds is 11. The quantitative estimate of drug-likeness (QED) is 0.225. The van der Waals surface area contributed by atoms with E-state index in [1.54, 1.807) is 0 Å². The van der Waals surface area contributed by atoms with Crippen LogP contribution in [0.25, 0.3) is 0 Å². The number of hydrogen-bond donors (Lipinski definition) is 3. The standard InChI is InChI=1S/C12H20N2O9.2Mg/c1-6(15)14-12(4-9(20)21,5-10(22)23)11(13,2-7(16)17)3-8(18)19;;/h6,14-15H,2-5,13H2,1H3,(H,16,17)(H,18,19)(H,20,21)(H,22,23);;/q;2*+2/p-4. The number of nitrogens with one attached hydrogen (secondary N) is 1. The second-order valence-electron chi connectivity index (χ2n) is 5.25. The Kier molecular flexibility index (Phi) is 13.7. The molecule has 0 saturated carbocycles. The van der Waals surface area contributed by atoms with Crippen LogP contribution < -0.4 is 31.5 Å². The van der Waals surface area contributed by atoms with Crippen LogP contribution in [0, 0.1) is 0 Å². The fraction of sp³-hybridized carbons (Fsp3) is 0.667. The molecule has 0 aromatic rings. The Balaban J connectivity index is -0.00000242. The maximum absolute atomic E-state index is 11.0. The first-order chi connectivity index (χ1) is 10.3. The number of aliphatic hydroxyl groups is 1. The Morgan fingerprint density at radius 1 is 0.880 bits per heavy atom. The van der Waals surface area contributed by atoms with Gasteiger partial charge in [0.15, 0.2) is 0 Å². The molecule has 4 N–H and O–H groups in total. The van der Waals surface area contributed by atoms with Crippen molar-refractivity contribution in [3.63, 3.8) is 0 Å². The van der Waals surface area contributed by atoms with Crippen LogP contribution in [0.1, 0.15) is 32.6 Å². The van der Waals surface area contributed by atoms with Crippen molar-refractivity contribution in [3.8, 4) is 0 Å². The Morgan fingerprint density at radius 2 is 1.16 bits per heavy atom. The third-order valence-electron chi connectivity index (χ3n) is 3.25. The largest absolute Gasteiger partial charge is 2.00 e. The molecule has 0 saturated heterocycles. The van der Waals surface area contributed by atoms with Gasteiger partial charge in [-0.15, -0.1) is 0 Å². The van der Waals surface area contributed by atoms with Gasteiger partial charge in [0.1, 0.15) is 6.23 Å². The van der Waals surface area contributed by atoms with Crippen LogP contribution in [-0.2, 0) is 19.2 Å². The van der Waals surface area contributed by atoms with Crippen molar-refractivity contribution in [1.29, 1.82) is 0 Å². The van der Waals surface area contributed by atoms with Gasteiger partial charge in [-0.3, -0.25) is 5.32 Å². The smallest absolute Gasteiger partial charge is 0.550 e. The normalized spacial score (nSPS) is 12.3. The number of carboxylic acid groups (broad SMARTS) is 4. The maximum Gasteiger partial charge on any atom is 2.00 e. The first kappa shape index (κ1) is 29.1. The van der Waals surface area contributed by atoms with Crippen molar-refractivity contribution >= 4 is 70.0 Å². The van der Waals surface area contributed by atoms with E-state index in [9.17, 15) is 44.7 Å². The summed E-state index contributed by atoms with van der Waals surface area (Å²) in [6.45, 7) is 1.07. The summed E-state index contributed by atoms with van der Waals surface area (Å²) in [6, 6.07) is 0. The number of hydrogen-bond acceptors (Lipinski definition) is 11. The van der Waals surface area contributed by atoms with E-state index in [0.717, 1.165) is 6.92 Å². The minimum atomic E-state index is -2.48. The Hall–Kier alpha value is -0.708. The summed E-state index contributed by atoms with van der Waals surface area (Å²) < 4.78 is 0. The van der Waals surface area contributed by atoms with Crippen LogP contribution >= 0.6 is 0 Å². The second-order valence-corrected chi connectivity index (χ2v) is 5.25. The molecule has 0 fully saturated rings. The van der Waals surface area contributed by atoms with Crippen LogP contribution in [0.5, 0.6) is 0 Å². The fourth-order valence-electron chi connectivity index (χ4n) is 2.47. The maximum atomic E-state index is 11.0. The van der Waals surface area contributed by atoms with E-state index in [0.29, 0.717) is 0 Å². The van der Waals surface area contributed by atoms with Crippen LogP contribution in [0.3, 0.4) is 0 Å². The topological polar surface area (TPSA) is 219 Å². The van der Waals surface area contributed by atoms with Gasteiger partial charge in [0.2, 0.25) is 0 Å². The summed E-state index contributed by atoms with van der Waals surface area (Å²) in [5.74, 6) is -7.43. The molecule has 13 heteroatoms. The molecule has 0 aliphatic heterocycles. The molecule has 25 heavy (non-hydrogen) atoms. The zero-order valence-electron chi connectivity index (χ0n) is 13.6. The molecule has 0 bridgehead atoms. The van der Waals surface area contributed by atoms with Crippen molar-refractivity contribution in [1.82, 2.24) is 5.32 Å². The molecule has 1 atom stereocenters. The summed E-state index contributed by atoms with van der Waals surface area (Å²) in [4.78, 5) is 43.7. The van der Waals surface area contributed by atoms with Gasteiger partial charge in [-0.05, 0) is 6.92 Å². The van der Waals surface area contributed by atoms with Crippen molar-refractivity contribution in [3.05, 3.63) is 0 Å². The second kappa shape index (κ2) is 11.8. The molecule has 0 amide bonds. The van der Waals surface area contributed by atoms with Gasteiger partial charge in [-0.25, -0.2) is 0 Å². The van der Waals surface area contributed by atoms with Crippen molar-refractivity contribution in [2.24, 2.45) is 5.73 Å². The molecule has 0 aliphatic rings. The van der Waals surface area contributed by atoms with Crippen molar-refractivity contribution < 1.29 is 44.7 Å². The molecule has 0 spiro atoms. The van der Waals surface area contributed by atoms with Gasteiger partial charge in [0.25, 0.3) is 0 Å². The predicted octanol–water partition coefficient (Wildman–Crippen LogP) is -7.85. The van der Waals surface area contributed by atoms with Crippen LogP contribution in [0.2, 0.25) is 0 Å². The molecule has 0 aromatic heterocycles. The molecule has 11 nitrogen and oxygen atoms in total. The molecule has 0 heterocycles. The van der Waals surface area contributed by atoms with E-state index in [2.05, 4.69) is 5.32 Å². The molecular formula is C12H16Mg2N2O9. The summed E-state index contributed by atoms with van der Waals surface area (Å²) in [6.07, 6.45) is -6.41. The van der Waals surface area contributed by atoms with Crippen LogP contribution in [0.15, 0.2) is 0 Å². The van der Waals surface area contributed by atoms with E-state index < -0.39 is 66.9 Å². The molecule has 0 aromatic carbocycles. The summed E-state index contributed by atoms with van der Waals surface area (Å²) in [5, 5.41) is 55.2. The number of nitrogens with two attached hydrogens (primary N) is 1. The summed E-state index contributed by atoms with van der Waals surface area (Å²) in [5.41, 5.74) is 0.838. The first-order valence-corrected chi connectivity index (χ1v) is 6.37. The first-order valence-electron chi connectivity index (χ1n) is 6.37. The average Bonchev–Trinajstić information content (AvgIpc) is 2.22. The molecule has 0 radical (unpaired) electrons. The fourth-order valence-corrected chi connectivity index (χ4v) is 2.47. The van der Waals surface area contributed by atoms with E-state index in [1.165, 1.54) is 0 Å². The molecule has 0 rings (SSSR count). The van der Waals surface area contributed by atoms with Crippen molar-refractivity contribution in [2.45, 2.75) is 49.9 Å². The van der Waals surface area contributed by atoms with Gasteiger partial charge < -0.3 is 50.4 Å². The third kappa shape index (κ3) is 9.53. The van der Waals surface area contributed by atoms with E-state index >= 15 is 0 Å².